The Bertz CT molecular complexity index is 750. The summed E-state index contributed by atoms with van der Waals surface area (Å²) in [7, 11) is 2.97. The summed E-state index contributed by atoms with van der Waals surface area (Å²) in [5.74, 6) is 0.764. The normalized spacial score (nSPS) is 19.4. The lowest BCUT2D eigenvalue weighted by Crippen LogP contribution is -2.25. The van der Waals surface area contributed by atoms with E-state index in [0.29, 0.717) is 5.90 Å². The molecule has 1 aliphatic heterocycles. The van der Waals surface area contributed by atoms with E-state index >= 15 is 0 Å². The van der Waals surface area contributed by atoms with Crippen molar-refractivity contribution in [3.8, 4) is 5.75 Å². The minimum atomic E-state index is -0.713. The number of esters is 1. The van der Waals surface area contributed by atoms with Crippen molar-refractivity contribution in [2.24, 2.45) is 4.99 Å². The Kier molecular flexibility index (Phi) is 4.51. The van der Waals surface area contributed by atoms with Gasteiger partial charge >= 0.3 is 5.97 Å². The molecule has 0 fully saturated rings. The molecule has 2 aromatic carbocycles. The van der Waals surface area contributed by atoms with E-state index in [2.05, 4.69) is 4.99 Å². The van der Waals surface area contributed by atoms with Crippen LogP contribution in [0, 0.1) is 6.92 Å². The quantitative estimate of drug-likeness (QED) is 0.811. The summed E-state index contributed by atoms with van der Waals surface area (Å²) in [4.78, 5) is 16.6. The maximum absolute atomic E-state index is 12.1. The van der Waals surface area contributed by atoms with E-state index in [9.17, 15) is 4.79 Å². The number of rotatable bonds is 4. The number of nitrogens with zero attached hydrogens (tertiary/aromatic N) is 1. The fourth-order valence-corrected chi connectivity index (χ4v) is 2.59. The van der Waals surface area contributed by atoms with Gasteiger partial charge in [0.2, 0.25) is 5.90 Å². The van der Waals surface area contributed by atoms with Crippen molar-refractivity contribution in [2.45, 2.75) is 19.1 Å². The fourth-order valence-electron chi connectivity index (χ4n) is 2.59. The SMILES string of the molecule is COC(=O)[C@H]1N=C(c2ccc(OC)cc2)O[C@@H]1c1ccc(C)cc1. The van der Waals surface area contributed by atoms with Crippen LogP contribution in [0.2, 0.25) is 0 Å². The molecule has 1 heterocycles. The van der Waals surface area contributed by atoms with E-state index in [0.717, 1.165) is 22.4 Å². The van der Waals surface area contributed by atoms with E-state index in [-0.39, 0.29) is 0 Å². The van der Waals surface area contributed by atoms with Crippen LogP contribution in [0.25, 0.3) is 0 Å². The Morgan fingerprint density at radius 1 is 1.04 bits per heavy atom. The van der Waals surface area contributed by atoms with Crippen LogP contribution in [0.15, 0.2) is 53.5 Å². The molecule has 0 aliphatic carbocycles. The van der Waals surface area contributed by atoms with Gasteiger partial charge in [-0.15, -0.1) is 0 Å². The highest BCUT2D eigenvalue weighted by Crippen LogP contribution is 2.32. The minimum absolute atomic E-state index is 0.413. The second-order valence-electron chi connectivity index (χ2n) is 5.58. The van der Waals surface area contributed by atoms with Gasteiger partial charge in [0.15, 0.2) is 12.1 Å². The number of methoxy groups -OCH3 is 2. The maximum atomic E-state index is 12.1. The Balaban J connectivity index is 1.91. The third-order valence-corrected chi connectivity index (χ3v) is 3.97. The second-order valence-corrected chi connectivity index (χ2v) is 5.58. The van der Waals surface area contributed by atoms with Crippen molar-refractivity contribution in [1.29, 1.82) is 0 Å². The molecule has 24 heavy (non-hydrogen) atoms. The van der Waals surface area contributed by atoms with Crippen molar-refractivity contribution >= 4 is 11.9 Å². The third-order valence-electron chi connectivity index (χ3n) is 3.97. The van der Waals surface area contributed by atoms with Gasteiger partial charge in [0.25, 0.3) is 0 Å². The molecule has 2 aromatic rings. The number of benzene rings is 2. The van der Waals surface area contributed by atoms with Gasteiger partial charge in [-0.05, 0) is 36.8 Å². The Morgan fingerprint density at radius 3 is 2.29 bits per heavy atom. The van der Waals surface area contributed by atoms with Crippen molar-refractivity contribution in [3.63, 3.8) is 0 Å². The molecule has 0 spiro atoms. The van der Waals surface area contributed by atoms with Gasteiger partial charge in [-0.2, -0.15) is 0 Å². The smallest absolute Gasteiger partial charge is 0.335 e. The molecule has 0 N–H and O–H groups in total. The molecular formula is C19H19NO4. The van der Waals surface area contributed by atoms with E-state index in [1.54, 1.807) is 7.11 Å². The first kappa shape index (κ1) is 16.1. The average Bonchev–Trinajstić information content (AvgIpc) is 3.07. The summed E-state index contributed by atoms with van der Waals surface area (Å²) in [6, 6.07) is 14.5. The number of aryl methyl sites for hydroxylation is 1. The monoisotopic (exact) mass is 325 g/mol. The number of hydrogen-bond acceptors (Lipinski definition) is 5. The lowest BCUT2D eigenvalue weighted by molar-refractivity contribution is -0.143. The number of carbonyl (C=O) groups is 1. The summed E-state index contributed by atoms with van der Waals surface area (Å²) in [5.41, 5.74) is 2.82. The van der Waals surface area contributed by atoms with Gasteiger partial charge in [0.05, 0.1) is 14.2 Å². The third kappa shape index (κ3) is 3.11. The zero-order chi connectivity index (χ0) is 17.1. The first-order valence-corrected chi connectivity index (χ1v) is 7.65. The Morgan fingerprint density at radius 2 is 1.71 bits per heavy atom. The fraction of sp³-hybridized carbons (Fsp3) is 0.263. The van der Waals surface area contributed by atoms with Crippen molar-refractivity contribution in [2.75, 3.05) is 14.2 Å². The van der Waals surface area contributed by atoms with Crippen LogP contribution < -0.4 is 4.74 Å². The first-order valence-electron chi connectivity index (χ1n) is 7.65. The molecular weight excluding hydrogens is 306 g/mol. The van der Waals surface area contributed by atoms with Crippen LogP contribution in [0.3, 0.4) is 0 Å². The van der Waals surface area contributed by atoms with Crippen LogP contribution in [-0.4, -0.2) is 32.1 Å². The standard InChI is InChI=1S/C19H19NO4/c1-12-4-6-13(7-5-12)17-16(19(21)23-3)20-18(24-17)14-8-10-15(22-2)11-9-14/h4-11,16-17H,1-3H3/t16-,17+/m0/s1. The molecule has 0 bridgehead atoms. The lowest BCUT2D eigenvalue weighted by Gasteiger charge is -2.16. The zero-order valence-corrected chi connectivity index (χ0v) is 13.9. The Hall–Kier alpha value is -2.82. The predicted molar refractivity (Wildman–Crippen MR) is 90.3 cm³/mol. The molecule has 0 saturated heterocycles. The van der Waals surface area contributed by atoms with Gasteiger partial charge in [-0.3, -0.25) is 0 Å². The molecule has 0 amide bonds. The van der Waals surface area contributed by atoms with E-state index < -0.39 is 18.1 Å². The average molecular weight is 325 g/mol. The van der Waals surface area contributed by atoms with Crippen LogP contribution >= 0.6 is 0 Å². The maximum Gasteiger partial charge on any atom is 0.335 e. The summed E-state index contributed by atoms with van der Waals surface area (Å²) >= 11 is 0. The van der Waals surface area contributed by atoms with Gasteiger partial charge < -0.3 is 14.2 Å². The summed E-state index contributed by atoms with van der Waals surface area (Å²) in [6.07, 6.45) is -0.491. The van der Waals surface area contributed by atoms with Crippen LogP contribution in [0.4, 0.5) is 0 Å². The summed E-state index contributed by atoms with van der Waals surface area (Å²) in [5, 5.41) is 0. The lowest BCUT2D eigenvalue weighted by atomic mass is 10.0. The molecule has 2 atom stereocenters. The summed E-state index contributed by atoms with van der Waals surface area (Å²) < 4.78 is 16.0. The molecule has 0 saturated carbocycles. The van der Waals surface area contributed by atoms with Crippen LogP contribution in [-0.2, 0) is 14.3 Å². The molecule has 1 aliphatic rings. The largest absolute Gasteiger partial charge is 0.497 e. The summed E-state index contributed by atoms with van der Waals surface area (Å²) in [6.45, 7) is 2.01. The molecule has 5 nitrogen and oxygen atoms in total. The number of carbonyl (C=O) groups excluding carboxylic acids is 1. The highest BCUT2D eigenvalue weighted by molar-refractivity contribution is 5.98. The molecule has 0 unspecified atom stereocenters. The van der Waals surface area contributed by atoms with Gasteiger partial charge in [-0.25, -0.2) is 9.79 Å². The predicted octanol–water partition coefficient (Wildman–Crippen LogP) is 3.06. The van der Waals surface area contributed by atoms with Gasteiger partial charge in [0.1, 0.15) is 5.75 Å². The highest BCUT2D eigenvalue weighted by Gasteiger charge is 2.38. The molecule has 0 radical (unpaired) electrons. The van der Waals surface area contributed by atoms with E-state index in [1.807, 2.05) is 55.5 Å². The highest BCUT2D eigenvalue weighted by atomic mass is 16.5. The molecule has 5 heteroatoms. The molecule has 0 aromatic heterocycles. The van der Waals surface area contributed by atoms with E-state index in [4.69, 9.17) is 14.2 Å². The van der Waals surface area contributed by atoms with Crippen molar-refractivity contribution < 1.29 is 19.0 Å². The van der Waals surface area contributed by atoms with E-state index in [1.165, 1.54) is 7.11 Å². The van der Waals surface area contributed by atoms with Crippen molar-refractivity contribution in [3.05, 3.63) is 65.2 Å². The first-order chi connectivity index (χ1) is 11.6. The van der Waals surface area contributed by atoms with Crippen molar-refractivity contribution in [1.82, 2.24) is 0 Å². The van der Waals surface area contributed by atoms with Gasteiger partial charge in [0, 0.05) is 5.56 Å². The molecule has 124 valence electrons. The number of ether oxygens (including phenoxy) is 3. The van der Waals surface area contributed by atoms with Gasteiger partial charge in [-0.1, -0.05) is 29.8 Å². The zero-order valence-electron chi connectivity index (χ0n) is 13.9. The van der Waals surface area contributed by atoms with Crippen LogP contribution in [0.1, 0.15) is 22.8 Å². The minimum Gasteiger partial charge on any atom is -0.497 e. The molecule has 3 rings (SSSR count). The number of hydrogen-bond donors (Lipinski definition) is 0. The second kappa shape index (κ2) is 6.74. The Labute approximate surface area is 140 Å². The topological polar surface area (TPSA) is 57.1 Å². The van der Waals surface area contributed by atoms with Crippen LogP contribution in [0.5, 0.6) is 5.75 Å². The number of aliphatic imine (C=N–C) groups is 1.